The van der Waals surface area contributed by atoms with Crippen molar-refractivity contribution in [3.05, 3.63) is 24.2 Å². The topological polar surface area (TPSA) is 92.0 Å². The van der Waals surface area contributed by atoms with Crippen LogP contribution in [0, 0.1) is 0 Å². The summed E-state index contributed by atoms with van der Waals surface area (Å²) in [5, 5.41) is 12.8. The smallest absolute Gasteiger partial charge is 0.325 e. The van der Waals surface area contributed by atoms with Gasteiger partial charge in [-0.1, -0.05) is 12.8 Å². The minimum atomic E-state index is -0.916. The summed E-state index contributed by atoms with van der Waals surface area (Å²) in [5.41, 5.74) is -0.730. The maximum absolute atomic E-state index is 12.4. The molecule has 1 aromatic rings. The number of β-amino-alcohol motifs (C(OH)–C–C–N with tert-alkyl or cyclic N) is 1. The van der Waals surface area contributed by atoms with Crippen LogP contribution in [0.5, 0.6) is 0 Å². The third kappa shape index (κ3) is 2.86. The Kier molecular flexibility index (Phi) is 4.17. The number of ether oxygens (including phenoxy) is 1. The zero-order valence-electron chi connectivity index (χ0n) is 12.3. The molecule has 1 unspecified atom stereocenters. The quantitative estimate of drug-likeness (QED) is 0.766. The van der Waals surface area contributed by atoms with Crippen LogP contribution in [0.4, 0.5) is 4.79 Å². The third-order valence-corrected chi connectivity index (χ3v) is 4.23. The molecule has 22 heavy (non-hydrogen) atoms. The maximum atomic E-state index is 12.4. The van der Waals surface area contributed by atoms with Gasteiger partial charge in [-0.3, -0.25) is 9.69 Å². The van der Waals surface area contributed by atoms with Gasteiger partial charge >= 0.3 is 6.03 Å². The lowest BCUT2D eigenvalue weighted by molar-refractivity contribution is -0.132. The van der Waals surface area contributed by atoms with Crippen molar-refractivity contribution in [1.29, 1.82) is 0 Å². The van der Waals surface area contributed by atoms with Gasteiger partial charge < -0.3 is 19.6 Å². The van der Waals surface area contributed by atoms with E-state index in [9.17, 15) is 14.7 Å². The van der Waals surface area contributed by atoms with E-state index >= 15 is 0 Å². The Labute approximate surface area is 128 Å². The van der Waals surface area contributed by atoms with E-state index in [1.54, 1.807) is 18.4 Å². The fourth-order valence-electron chi connectivity index (χ4n) is 3.11. The zero-order valence-corrected chi connectivity index (χ0v) is 12.3. The Morgan fingerprint density at radius 2 is 2.18 bits per heavy atom. The van der Waals surface area contributed by atoms with E-state index in [0.717, 1.165) is 17.7 Å². The van der Waals surface area contributed by atoms with Crippen LogP contribution in [0.3, 0.4) is 0 Å². The van der Waals surface area contributed by atoms with Crippen molar-refractivity contribution in [2.75, 3.05) is 13.2 Å². The molecule has 0 bridgehead atoms. The predicted molar refractivity (Wildman–Crippen MR) is 75.8 cm³/mol. The van der Waals surface area contributed by atoms with Crippen molar-refractivity contribution in [3.63, 3.8) is 0 Å². The van der Waals surface area contributed by atoms with Crippen molar-refractivity contribution in [1.82, 2.24) is 10.2 Å². The summed E-state index contributed by atoms with van der Waals surface area (Å²) in [4.78, 5) is 25.5. The second-order valence-electron chi connectivity index (χ2n) is 5.88. The maximum Gasteiger partial charge on any atom is 0.325 e. The van der Waals surface area contributed by atoms with Crippen molar-refractivity contribution in [2.24, 2.45) is 0 Å². The van der Waals surface area contributed by atoms with Crippen LogP contribution in [0.2, 0.25) is 0 Å². The summed E-state index contributed by atoms with van der Waals surface area (Å²) in [5.74, 6) is 0.437. The van der Waals surface area contributed by atoms with E-state index in [1.807, 2.05) is 0 Å². The Hall–Kier alpha value is -1.86. The molecule has 0 radical (unpaired) electrons. The van der Waals surface area contributed by atoms with Gasteiger partial charge in [0.2, 0.25) is 0 Å². The van der Waals surface area contributed by atoms with Gasteiger partial charge in [0.1, 0.15) is 17.9 Å². The summed E-state index contributed by atoms with van der Waals surface area (Å²) >= 11 is 0. The first kappa shape index (κ1) is 15.1. The highest BCUT2D eigenvalue weighted by atomic mass is 16.5. The van der Waals surface area contributed by atoms with E-state index in [-0.39, 0.29) is 25.7 Å². The number of aliphatic hydroxyl groups excluding tert-OH is 1. The Morgan fingerprint density at radius 3 is 2.86 bits per heavy atom. The van der Waals surface area contributed by atoms with Crippen LogP contribution in [-0.4, -0.2) is 46.7 Å². The van der Waals surface area contributed by atoms with Crippen molar-refractivity contribution >= 4 is 11.9 Å². The number of amides is 3. The molecule has 7 heteroatoms. The number of nitrogens with zero attached hydrogens (tertiary/aromatic N) is 1. The van der Waals surface area contributed by atoms with Crippen LogP contribution < -0.4 is 5.32 Å². The average Bonchev–Trinajstić information content (AvgIpc) is 3.19. The molecule has 1 aliphatic heterocycles. The summed E-state index contributed by atoms with van der Waals surface area (Å²) in [6, 6.07) is 3.11. The first-order chi connectivity index (χ1) is 10.6. The van der Waals surface area contributed by atoms with Crippen LogP contribution in [0.15, 0.2) is 22.8 Å². The molecule has 3 rings (SSSR count). The molecule has 2 N–H and O–H groups in total. The highest BCUT2D eigenvalue weighted by Crippen LogP contribution is 2.35. The summed E-state index contributed by atoms with van der Waals surface area (Å²) < 4.78 is 10.4. The van der Waals surface area contributed by atoms with Crippen molar-refractivity contribution in [3.8, 4) is 0 Å². The highest BCUT2D eigenvalue weighted by Gasteiger charge is 2.52. The number of urea groups is 1. The number of carbonyl (C=O) groups excluding carboxylic acids is 2. The molecule has 7 nitrogen and oxygen atoms in total. The fourth-order valence-corrected chi connectivity index (χ4v) is 3.11. The Morgan fingerprint density at radius 1 is 1.41 bits per heavy atom. The Bertz CT molecular complexity index is 536. The molecule has 1 atom stereocenters. The average molecular weight is 308 g/mol. The van der Waals surface area contributed by atoms with E-state index in [0.29, 0.717) is 18.6 Å². The molecule has 3 amide bonds. The first-order valence-electron chi connectivity index (χ1n) is 7.53. The minimum absolute atomic E-state index is 0.0325. The number of hydrogen-bond donors (Lipinski definition) is 2. The van der Waals surface area contributed by atoms with Crippen LogP contribution >= 0.6 is 0 Å². The van der Waals surface area contributed by atoms with Gasteiger partial charge in [0.15, 0.2) is 0 Å². The normalized spacial score (nSPS) is 21.6. The molecule has 1 aliphatic carbocycles. The summed E-state index contributed by atoms with van der Waals surface area (Å²) in [7, 11) is 0. The molecule has 2 heterocycles. The lowest BCUT2D eigenvalue weighted by Crippen LogP contribution is -2.45. The molecule has 1 spiro atoms. The fraction of sp³-hybridized carbons (Fsp3) is 0.600. The van der Waals surface area contributed by atoms with Crippen LogP contribution in [-0.2, 0) is 16.1 Å². The van der Waals surface area contributed by atoms with E-state index in [2.05, 4.69) is 5.32 Å². The number of hydrogen-bond acceptors (Lipinski definition) is 5. The third-order valence-electron chi connectivity index (χ3n) is 4.23. The monoisotopic (exact) mass is 308 g/mol. The van der Waals surface area contributed by atoms with Gasteiger partial charge in [0.25, 0.3) is 5.91 Å². The van der Waals surface area contributed by atoms with Crippen LogP contribution in [0.1, 0.15) is 31.4 Å². The summed E-state index contributed by atoms with van der Waals surface area (Å²) in [6.07, 6.45) is 3.87. The number of carbonyl (C=O) groups is 2. The zero-order chi connectivity index (χ0) is 15.6. The largest absolute Gasteiger partial charge is 0.467 e. The van der Waals surface area contributed by atoms with Gasteiger partial charge in [-0.25, -0.2) is 4.79 Å². The second kappa shape index (κ2) is 6.10. The van der Waals surface area contributed by atoms with Crippen molar-refractivity contribution in [2.45, 2.75) is 43.9 Å². The number of aliphatic hydroxyl groups is 1. The van der Waals surface area contributed by atoms with Gasteiger partial charge in [-0.15, -0.1) is 0 Å². The molecule has 1 saturated heterocycles. The van der Waals surface area contributed by atoms with E-state index in [4.69, 9.17) is 9.15 Å². The first-order valence-corrected chi connectivity index (χ1v) is 7.53. The molecule has 1 aromatic heterocycles. The number of furan rings is 1. The standard InChI is InChI=1S/C15H20N2O5/c18-11(9-21-10-12-4-3-7-22-12)8-17-13(19)15(16-14(17)20)5-1-2-6-15/h3-4,7,11,18H,1-2,5-6,8-10H2,(H,16,20). The van der Waals surface area contributed by atoms with Gasteiger partial charge in [0, 0.05) is 0 Å². The van der Waals surface area contributed by atoms with Gasteiger partial charge in [-0.2, -0.15) is 0 Å². The second-order valence-corrected chi connectivity index (χ2v) is 5.88. The number of rotatable bonds is 6. The summed E-state index contributed by atoms with van der Waals surface area (Å²) in [6.45, 7) is 0.226. The van der Waals surface area contributed by atoms with Crippen molar-refractivity contribution < 1.29 is 23.8 Å². The van der Waals surface area contributed by atoms with Gasteiger partial charge in [-0.05, 0) is 25.0 Å². The lowest BCUT2D eigenvalue weighted by atomic mass is 9.98. The minimum Gasteiger partial charge on any atom is -0.467 e. The van der Waals surface area contributed by atoms with Gasteiger partial charge in [0.05, 0.1) is 25.5 Å². The molecule has 2 fully saturated rings. The SMILES string of the molecule is O=C1NC2(CCCC2)C(=O)N1CC(O)COCc1ccco1. The number of imide groups is 1. The molecule has 2 aliphatic rings. The van der Waals surface area contributed by atoms with Crippen LogP contribution in [0.25, 0.3) is 0 Å². The predicted octanol–water partition coefficient (Wildman–Crippen LogP) is 1.02. The number of nitrogens with one attached hydrogen (secondary N) is 1. The molecular formula is C15H20N2O5. The molecule has 0 aromatic carbocycles. The Balaban J connectivity index is 1.49. The lowest BCUT2D eigenvalue weighted by Gasteiger charge is -2.21. The van der Waals surface area contributed by atoms with E-state index < -0.39 is 17.7 Å². The van der Waals surface area contributed by atoms with E-state index in [1.165, 1.54) is 0 Å². The molecule has 120 valence electrons. The molecule has 1 saturated carbocycles. The highest BCUT2D eigenvalue weighted by molar-refractivity contribution is 6.07. The molecular weight excluding hydrogens is 288 g/mol.